The highest BCUT2D eigenvalue weighted by molar-refractivity contribution is 8.30. The Bertz CT molecular complexity index is 1060. The van der Waals surface area contributed by atoms with E-state index in [1.54, 1.807) is 54.6 Å². The van der Waals surface area contributed by atoms with Crippen LogP contribution in [0, 0.1) is 0 Å². The Morgan fingerprint density at radius 1 is 0.618 bits per heavy atom. The molecule has 0 aromatic heterocycles. The number of benzene rings is 3. The summed E-state index contributed by atoms with van der Waals surface area (Å²) in [6.07, 6.45) is -5.12. The normalized spacial score (nSPS) is 13.4. The van der Waals surface area contributed by atoms with Crippen molar-refractivity contribution in [2.24, 2.45) is 0 Å². The quantitative estimate of drug-likeness (QED) is 0.368. The van der Waals surface area contributed by atoms with Crippen LogP contribution in [-0.2, 0) is 19.8 Å². The molecule has 0 aliphatic rings. The van der Waals surface area contributed by atoms with Gasteiger partial charge >= 0.3 is 12.1 Å². The van der Waals surface area contributed by atoms with E-state index in [1.165, 1.54) is 0 Å². The van der Waals surface area contributed by atoms with Gasteiger partial charge in [0.1, 0.15) is 0 Å². The lowest BCUT2D eigenvalue weighted by Gasteiger charge is -2.40. The molecule has 3 rings (SSSR count). The van der Waals surface area contributed by atoms with Crippen molar-refractivity contribution < 1.29 is 22.1 Å². The number of alkyl halides is 3. The van der Waals surface area contributed by atoms with Gasteiger partial charge in [0.05, 0.1) is 0 Å². The Hall–Kier alpha value is -2.73. The third-order valence-corrected chi connectivity index (χ3v) is 8.82. The summed E-state index contributed by atoms with van der Waals surface area (Å²) >= 11 is 0. The van der Waals surface area contributed by atoms with Gasteiger partial charge in [-0.3, -0.25) is 0 Å². The third kappa shape index (κ3) is 5.33. The maximum Gasteiger partial charge on any atom is 0.491 e. The Kier molecular flexibility index (Phi) is 6.96. The van der Waals surface area contributed by atoms with E-state index < -0.39 is 22.5 Å². The summed E-state index contributed by atoms with van der Waals surface area (Å²) in [4.78, 5) is 13.9. The second kappa shape index (κ2) is 9.14. The second-order valence-electron chi connectivity index (χ2n) is 10.3. The van der Waals surface area contributed by atoms with Crippen LogP contribution in [-0.4, -0.2) is 12.1 Å². The highest BCUT2D eigenvalue weighted by atomic mass is 32.3. The molecule has 0 atom stereocenters. The maximum atomic E-state index is 13.5. The molecule has 0 aliphatic heterocycles. The van der Waals surface area contributed by atoms with Gasteiger partial charge in [-0.1, -0.05) is 84.0 Å². The molecule has 0 bridgehead atoms. The van der Waals surface area contributed by atoms with E-state index in [0.717, 1.165) is 11.1 Å². The molecule has 6 heteroatoms. The highest BCUT2D eigenvalue weighted by Gasteiger charge is 2.47. The first kappa shape index (κ1) is 25.9. The minimum atomic E-state index is -5.12. The molecule has 0 radical (unpaired) electrons. The van der Waals surface area contributed by atoms with Crippen molar-refractivity contribution in [2.75, 3.05) is 0 Å². The average molecular weight is 489 g/mol. The Morgan fingerprint density at radius 3 is 1.29 bits per heavy atom. The molecular weight excluding hydrogens is 457 g/mol. The summed E-state index contributed by atoms with van der Waals surface area (Å²) in [6, 6.07) is 23.4. The predicted molar refractivity (Wildman–Crippen MR) is 131 cm³/mol. The molecular formula is C28H31F3O2S. The highest BCUT2D eigenvalue weighted by Crippen LogP contribution is 2.69. The summed E-state index contributed by atoms with van der Waals surface area (Å²) in [6.45, 7) is 12.4. The molecule has 34 heavy (non-hydrogen) atoms. The monoisotopic (exact) mass is 488 g/mol. The van der Waals surface area contributed by atoms with Crippen molar-refractivity contribution in [2.45, 2.75) is 73.2 Å². The van der Waals surface area contributed by atoms with Crippen LogP contribution in [0.2, 0.25) is 0 Å². The molecule has 0 saturated heterocycles. The van der Waals surface area contributed by atoms with Crippen molar-refractivity contribution in [3.63, 3.8) is 0 Å². The maximum absolute atomic E-state index is 13.5. The van der Waals surface area contributed by atoms with Crippen molar-refractivity contribution in [3.05, 3.63) is 90.0 Å². The van der Waals surface area contributed by atoms with E-state index in [2.05, 4.69) is 41.5 Å². The van der Waals surface area contributed by atoms with Gasteiger partial charge in [-0.2, -0.15) is 13.2 Å². The van der Waals surface area contributed by atoms with Crippen molar-refractivity contribution in [1.82, 2.24) is 0 Å². The summed E-state index contributed by atoms with van der Waals surface area (Å²) in [7, 11) is -3.01. The number of hydrogen-bond donors (Lipinski definition) is 0. The van der Waals surface area contributed by atoms with Crippen molar-refractivity contribution in [1.29, 1.82) is 0 Å². The standard InChI is InChI=1S/C28H31F3O2S/c1-26(2,3)20-12-16-23(17-13-20)34(22-10-8-7-9-11-22,33-25(32)28(29,30)31)24-18-14-21(15-19-24)27(4,5)6/h7-19H,1-6H3. The first-order valence-electron chi connectivity index (χ1n) is 11.1. The molecule has 3 aromatic rings. The minimum absolute atomic E-state index is 0.139. The predicted octanol–water partition coefficient (Wildman–Crippen LogP) is 8.58. The lowest BCUT2D eigenvalue weighted by atomic mass is 9.87. The Balaban J connectivity index is 2.32. The van der Waals surface area contributed by atoms with Gasteiger partial charge in [-0.25, -0.2) is 4.79 Å². The molecule has 182 valence electrons. The van der Waals surface area contributed by atoms with Crippen LogP contribution in [0.5, 0.6) is 0 Å². The molecule has 0 unspecified atom stereocenters. The van der Waals surface area contributed by atoms with Crippen LogP contribution in [0.25, 0.3) is 0 Å². The van der Waals surface area contributed by atoms with Crippen molar-refractivity contribution >= 4 is 16.3 Å². The van der Waals surface area contributed by atoms with Crippen LogP contribution in [0.3, 0.4) is 0 Å². The SMILES string of the molecule is CC(C)(C)c1ccc(S(OC(=O)C(F)(F)F)(c2ccccc2)c2ccc(C(C)(C)C)cc2)cc1. The van der Waals surface area contributed by atoms with Crippen LogP contribution in [0.4, 0.5) is 13.2 Å². The number of hydrogen-bond acceptors (Lipinski definition) is 2. The van der Waals surface area contributed by atoms with E-state index in [0.29, 0.717) is 14.7 Å². The van der Waals surface area contributed by atoms with Gasteiger partial charge in [0.25, 0.3) is 0 Å². The molecule has 0 N–H and O–H groups in total. The molecule has 0 spiro atoms. The van der Waals surface area contributed by atoms with Gasteiger partial charge < -0.3 is 4.18 Å². The molecule has 0 amide bonds. The first-order chi connectivity index (χ1) is 15.7. The fourth-order valence-electron chi connectivity index (χ4n) is 3.62. The first-order valence-corrected chi connectivity index (χ1v) is 12.6. The minimum Gasteiger partial charge on any atom is -0.395 e. The Labute approximate surface area is 201 Å². The van der Waals surface area contributed by atoms with E-state index in [-0.39, 0.29) is 10.8 Å². The van der Waals surface area contributed by atoms with E-state index in [4.69, 9.17) is 4.18 Å². The number of rotatable bonds is 4. The molecule has 0 fully saturated rings. The fourth-order valence-corrected chi connectivity index (χ4v) is 6.62. The molecule has 0 heterocycles. The van der Waals surface area contributed by atoms with Crippen LogP contribution in [0.1, 0.15) is 52.7 Å². The van der Waals surface area contributed by atoms with Crippen LogP contribution in [0.15, 0.2) is 93.5 Å². The topological polar surface area (TPSA) is 26.3 Å². The van der Waals surface area contributed by atoms with E-state index >= 15 is 0 Å². The number of halogens is 3. The zero-order valence-corrected chi connectivity index (χ0v) is 21.2. The van der Waals surface area contributed by atoms with Gasteiger partial charge in [0.2, 0.25) is 0 Å². The third-order valence-electron chi connectivity index (χ3n) is 5.61. The average Bonchev–Trinajstić information content (AvgIpc) is 2.76. The van der Waals surface area contributed by atoms with Crippen molar-refractivity contribution in [3.8, 4) is 0 Å². The number of carbonyl (C=O) groups is 1. The lowest BCUT2D eigenvalue weighted by Crippen LogP contribution is -2.27. The molecule has 0 saturated carbocycles. The zero-order valence-electron chi connectivity index (χ0n) is 20.4. The van der Waals surface area contributed by atoms with Gasteiger partial charge in [0.15, 0.2) is 0 Å². The summed E-state index contributed by atoms with van der Waals surface area (Å²) in [5, 5.41) is 0. The van der Waals surface area contributed by atoms with Gasteiger partial charge in [-0.05, 0) is 68.7 Å². The Morgan fingerprint density at radius 2 is 0.971 bits per heavy atom. The smallest absolute Gasteiger partial charge is 0.395 e. The van der Waals surface area contributed by atoms with E-state index in [9.17, 15) is 18.0 Å². The summed E-state index contributed by atoms with van der Waals surface area (Å²) < 4.78 is 46.0. The van der Waals surface area contributed by atoms with Crippen LogP contribution < -0.4 is 0 Å². The second-order valence-corrected chi connectivity index (χ2v) is 13.0. The molecule has 0 aliphatic carbocycles. The fraction of sp³-hybridized carbons (Fsp3) is 0.321. The summed E-state index contributed by atoms with van der Waals surface area (Å²) in [5.41, 5.74) is 1.78. The molecule has 2 nitrogen and oxygen atoms in total. The van der Waals surface area contributed by atoms with Gasteiger partial charge in [-0.15, -0.1) is 0 Å². The van der Waals surface area contributed by atoms with E-state index in [1.807, 2.05) is 24.3 Å². The van der Waals surface area contributed by atoms with Crippen LogP contribution >= 0.6 is 10.3 Å². The largest absolute Gasteiger partial charge is 0.491 e. The zero-order chi connectivity index (χ0) is 25.4. The molecule has 3 aromatic carbocycles. The number of carbonyl (C=O) groups excluding carboxylic acids is 1. The van der Waals surface area contributed by atoms with Gasteiger partial charge in [0, 0.05) is 14.7 Å². The lowest BCUT2D eigenvalue weighted by molar-refractivity contribution is -0.188. The summed E-state index contributed by atoms with van der Waals surface area (Å²) in [5.74, 6) is -2.20.